The zero-order valence-electron chi connectivity index (χ0n) is 14.6. The number of halogens is 2. The van der Waals surface area contributed by atoms with Crippen molar-refractivity contribution in [3.63, 3.8) is 0 Å². The molecule has 0 spiro atoms. The Morgan fingerprint density at radius 3 is 2.48 bits per heavy atom. The minimum atomic E-state index is -0.436. The van der Waals surface area contributed by atoms with Crippen LogP contribution >= 0.6 is 35.4 Å². The lowest BCUT2D eigenvalue weighted by molar-refractivity contribution is -0.384. The van der Waals surface area contributed by atoms with Crippen LogP contribution in [0.3, 0.4) is 0 Å². The van der Waals surface area contributed by atoms with Crippen molar-refractivity contribution in [3.8, 4) is 5.69 Å². The third-order valence-corrected chi connectivity index (χ3v) is 5.28. The van der Waals surface area contributed by atoms with Crippen LogP contribution in [0.15, 0.2) is 53.8 Å². The Bertz CT molecular complexity index is 1150. The molecule has 1 aliphatic rings. The third kappa shape index (κ3) is 3.70. The normalized spacial score (nSPS) is 13.3. The lowest BCUT2D eigenvalue weighted by Gasteiger charge is -2.18. The number of rotatable bonds is 5. The van der Waals surface area contributed by atoms with Crippen LogP contribution in [0.4, 0.5) is 5.69 Å². The maximum atomic E-state index is 10.8. The highest BCUT2D eigenvalue weighted by atomic mass is 35.5. The van der Waals surface area contributed by atoms with Crippen LogP contribution in [0.5, 0.6) is 0 Å². The van der Waals surface area contributed by atoms with Gasteiger partial charge in [0.25, 0.3) is 5.69 Å². The van der Waals surface area contributed by atoms with Crippen molar-refractivity contribution in [2.45, 2.75) is 6.54 Å². The zero-order chi connectivity index (χ0) is 20.5. The smallest absolute Gasteiger partial charge is 0.269 e. The predicted octanol–water partition coefficient (Wildman–Crippen LogP) is 3.94. The summed E-state index contributed by atoms with van der Waals surface area (Å²) < 4.78 is 2.05. The molecule has 12 heteroatoms. The standard InChI is InChI=1S/C17H13Cl2N7O2S/c18-13-2-1-3-14(19)15(13)25-17(29)12(8-20-25)16-21-22-23-24(16)9-10-4-6-11(7-5-10)26(27)28/h1-8,20,22-23H,9H2. The molecule has 0 saturated heterocycles. The van der Waals surface area contributed by atoms with E-state index in [1.807, 2.05) is 0 Å². The maximum absolute atomic E-state index is 10.8. The van der Waals surface area contributed by atoms with Crippen LogP contribution < -0.4 is 11.1 Å². The Balaban J connectivity index is 1.62. The number of hydrogen-bond donors (Lipinski definition) is 3. The molecule has 2 aromatic carbocycles. The molecule has 0 atom stereocenters. The Morgan fingerprint density at radius 1 is 1.14 bits per heavy atom. The van der Waals surface area contributed by atoms with Gasteiger partial charge in [0.2, 0.25) is 0 Å². The third-order valence-electron chi connectivity index (χ3n) is 4.26. The summed E-state index contributed by atoms with van der Waals surface area (Å²) in [6.45, 7) is 0.399. The highest BCUT2D eigenvalue weighted by Crippen LogP contribution is 2.29. The molecule has 0 unspecified atom stereocenters. The van der Waals surface area contributed by atoms with Gasteiger partial charge in [0.1, 0.15) is 10.3 Å². The number of hydrazine groups is 2. The average molecular weight is 450 g/mol. The fourth-order valence-corrected chi connectivity index (χ4v) is 3.74. The number of hydrazone groups is 1. The van der Waals surface area contributed by atoms with Crippen LogP contribution in [0.1, 0.15) is 11.1 Å². The molecule has 1 aromatic heterocycles. The number of nitro benzene ring substituents is 1. The zero-order valence-corrected chi connectivity index (χ0v) is 16.9. The second-order valence-electron chi connectivity index (χ2n) is 6.07. The SMILES string of the molecule is O=[N+]([O-])c1ccc(CN2NNN=C2c2c[nH]n(-c3c(Cl)cccc3Cl)c2=S)cc1. The Kier molecular flexibility index (Phi) is 5.24. The van der Waals surface area contributed by atoms with Gasteiger partial charge >= 0.3 is 0 Å². The van der Waals surface area contributed by atoms with Crippen molar-refractivity contribution in [2.75, 3.05) is 0 Å². The largest absolute Gasteiger partial charge is 0.299 e. The lowest BCUT2D eigenvalue weighted by Crippen LogP contribution is -2.40. The first-order valence-electron chi connectivity index (χ1n) is 8.30. The highest BCUT2D eigenvalue weighted by molar-refractivity contribution is 7.71. The van der Waals surface area contributed by atoms with Gasteiger partial charge in [0, 0.05) is 18.3 Å². The second kappa shape index (κ2) is 7.84. The number of aromatic nitrogens is 2. The number of nitro groups is 1. The summed E-state index contributed by atoms with van der Waals surface area (Å²) >= 11 is 18.2. The van der Waals surface area contributed by atoms with E-state index >= 15 is 0 Å². The van der Waals surface area contributed by atoms with Gasteiger partial charge in [-0.3, -0.25) is 20.2 Å². The van der Waals surface area contributed by atoms with Crippen LogP contribution in [0, 0.1) is 14.8 Å². The summed E-state index contributed by atoms with van der Waals surface area (Å²) in [5.74, 6) is 0.548. The van der Waals surface area contributed by atoms with E-state index in [0.29, 0.717) is 38.3 Å². The van der Waals surface area contributed by atoms with Gasteiger partial charge in [-0.2, -0.15) is 0 Å². The van der Waals surface area contributed by atoms with Crippen molar-refractivity contribution in [3.05, 3.63) is 84.6 Å². The van der Waals surface area contributed by atoms with Crippen molar-refractivity contribution < 1.29 is 4.92 Å². The minimum Gasteiger partial charge on any atom is -0.299 e. The van der Waals surface area contributed by atoms with Crippen LogP contribution in [0.25, 0.3) is 5.69 Å². The molecule has 3 N–H and O–H groups in total. The average Bonchev–Trinajstić information content (AvgIpc) is 3.29. The molecule has 0 saturated carbocycles. The molecule has 0 amide bonds. The Labute approximate surface area is 179 Å². The van der Waals surface area contributed by atoms with Crippen LogP contribution in [0.2, 0.25) is 10.0 Å². The first kappa shape index (κ1) is 19.4. The number of para-hydroxylation sites is 1. The van der Waals surface area contributed by atoms with E-state index in [2.05, 4.69) is 21.3 Å². The quantitative estimate of drug-likeness (QED) is 0.309. The molecule has 2 heterocycles. The van der Waals surface area contributed by atoms with E-state index in [0.717, 1.165) is 5.56 Å². The van der Waals surface area contributed by atoms with Gasteiger partial charge in [-0.1, -0.05) is 53.6 Å². The molecule has 3 aromatic rings. The summed E-state index contributed by atoms with van der Waals surface area (Å²) in [7, 11) is 0. The number of H-pyrrole nitrogens is 1. The first-order valence-corrected chi connectivity index (χ1v) is 9.46. The monoisotopic (exact) mass is 449 g/mol. The number of amidine groups is 1. The van der Waals surface area contributed by atoms with Gasteiger partial charge in [-0.25, -0.2) is 10.2 Å². The van der Waals surface area contributed by atoms with Crippen molar-refractivity contribution in [1.82, 2.24) is 25.9 Å². The molecule has 9 nitrogen and oxygen atoms in total. The van der Waals surface area contributed by atoms with Crippen LogP contribution in [-0.4, -0.2) is 25.5 Å². The van der Waals surface area contributed by atoms with Gasteiger partial charge in [0.15, 0.2) is 5.84 Å². The molecule has 29 heavy (non-hydrogen) atoms. The summed E-state index contributed by atoms with van der Waals surface area (Å²) in [5, 5.41) is 20.8. The number of hydrogen-bond acceptors (Lipinski definition) is 7. The lowest BCUT2D eigenvalue weighted by atomic mass is 10.2. The van der Waals surface area contributed by atoms with E-state index in [9.17, 15) is 10.1 Å². The molecular weight excluding hydrogens is 437 g/mol. The Morgan fingerprint density at radius 2 is 1.83 bits per heavy atom. The number of benzene rings is 2. The molecule has 0 fully saturated rings. The van der Waals surface area contributed by atoms with Crippen molar-refractivity contribution >= 4 is 46.9 Å². The van der Waals surface area contributed by atoms with Crippen LogP contribution in [-0.2, 0) is 6.54 Å². The predicted molar refractivity (Wildman–Crippen MR) is 112 cm³/mol. The highest BCUT2D eigenvalue weighted by Gasteiger charge is 2.23. The molecule has 0 aliphatic carbocycles. The minimum absolute atomic E-state index is 0.0336. The molecule has 1 aliphatic heterocycles. The summed E-state index contributed by atoms with van der Waals surface area (Å²) in [4.78, 5) is 10.4. The van der Waals surface area contributed by atoms with Crippen molar-refractivity contribution in [2.24, 2.45) is 5.10 Å². The molecule has 0 bridgehead atoms. The van der Waals surface area contributed by atoms with E-state index in [-0.39, 0.29) is 5.69 Å². The first-order chi connectivity index (χ1) is 14.0. The number of aromatic amines is 1. The fraction of sp³-hybridized carbons (Fsp3) is 0.0588. The van der Waals surface area contributed by atoms with Gasteiger partial charge < -0.3 is 0 Å². The van der Waals surface area contributed by atoms with E-state index in [4.69, 9.17) is 35.4 Å². The summed E-state index contributed by atoms with van der Waals surface area (Å²) in [6.07, 6.45) is 1.71. The molecule has 4 rings (SSSR count). The summed E-state index contributed by atoms with van der Waals surface area (Å²) in [5.41, 5.74) is 7.70. The maximum Gasteiger partial charge on any atom is 0.269 e. The number of nitrogens with one attached hydrogen (secondary N) is 3. The molecule has 148 valence electrons. The second-order valence-corrected chi connectivity index (χ2v) is 7.27. The Hall–Kier alpha value is -2.92. The topological polar surface area (TPSA) is 104 Å². The van der Waals surface area contributed by atoms with Gasteiger partial charge in [-0.15, -0.1) is 10.6 Å². The summed E-state index contributed by atoms with van der Waals surface area (Å²) in [6, 6.07) is 11.5. The van der Waals surface area contributed by atoms with E-state index < -0.39 is 4.92 Å². The number of nitrogens with zero attached hydrogens (tertiary/aromatic N) is 4. The van der Waals surface area contributed by atoms with E-state index in [1.54, 1.807) is 46.2 Å². The van der Waals surface area contributed by atoms with Gasteiger partial charge in [-0.05, 0) is 17.7 Å². The molecular formula is C17H13Cl2N7O2S. The van der Waals surface area contributed by atoms with E-state index in [1.165, 1.54) is 12.1 Å². The van der Waals surface area contributed by atoms with Crippen molar-refractivity contribution in [1.29, 1.82) is 0 Å². The van der Waals surface area contributed by atoms with Gasteiger partial charge in [0.05, 0.1) is 27.1 Å². The molecule has 0 radical (unpaired) electrons. The number of non-ortho nitro benzene ring substituents is 1. The fourth-order valence-electron chi connectivity index (χ4n) is 2.88.